The third-order valence-electron chi connectivity index (χ3n) is 4.22. The number of alkyl halides is 2. The normalized spacial score (nSPS) is 12.0. The van der Waals surface area contributed by atoms with Gasteiger partial charge in [-0.2, -0.15) is 8.78 Å². The van der Waals surface area contributed by atoms with Crippen LogP contribution in [0.2, 0.25) is 0 Å². The van der Waals surface area contributed by atoms with E-state index in [1.165, 1.54) is 42.6 Å². The van der Waals surface area contributed by atoms with Crippen LogP contribution in [-0.4, -0.2) is 24.2 Å². The molecule has 30 heavy (non-hydrogen) atoms. The van der Waals surface area contributed by atoms with Gasteiger partial charge in [-0.3, -0.25) is 9.36 Å². The summed E-state index contributed by atoms with van der Waals surface area (Å²) in [6, 6.07) is 14.9. The van der Waals surface area contributed by atoms with Crippen molar-refractivity contribution in [2.24, 2.45) is 0 Å². The summed E-state index contributed by atoms with van der Waals surface area (Å²) in [5.41, 5.74) is 0.868. The number of benzene rings is 2. The van der Waals surface area contributed by atoms with E-state index in [4.69, 9.17) is 0 Å². The van der Waals surface area contributed by atoms with E-state index >= 15 is 0 Å². The van der Waals surface area contributed by atoms with Crippen molar-refractivity contribution >= 4 is 9.84 Å². The van der Waals surface area contributed by atoms with Gasteiger partial charge in [-0.25, -0.2) is 8.42 Å². The van der Waals surface area contributed by atoms with E-state index in [9.17, 15) is 27.1 Å². The molecule has 1 heterocycles. The molecule has 9 heteroatoms. The Morgan fingerprint density at radius 2 is 1.57 bits per heavy atom. The average Bonchev–Trinajstić information content (AvgIpc) is 2.66. The first-order valence-electron chi connectivity index (χ1n) is 8.89. The van der Waals surface area contributed by atoms with E-state index in [2.05, 4.69) is 4.74 Å². The third-order valence-corrected chi connectivity index (χ3v) is 5.83. The van der Waals surface area contributed by atoms with Crippen LogP contribution in [0.5, 0.6) is 11.5 Å². The van der Waals surface area contributed by atoms with Crippen LogP contribution in [-0.2, 0) is 22.1 Å². The fourth-order valence-electron chi connectivity index (χ4n) is 2.82. The number of nitrogens with zero attached hydrogens (tertiary/aromatic N) is 1. The van der Waals surface area contributed by atoms with Crippen LogP contribution in [0.4, 0.5) is 8.78 Å². The van der Waals surface area contributed by atoms with Crippen molar-refractivity contribution in [3.8, 4) is 11.5 Å². The number of pyridine rings is 1. The molecule has 0 saturated carbocycles. The minimum Gasteiger partial charge on any atom is -0.503 e. The molecular formula is C21H19F2NO5S. The van der Waals surface area contributed by atoms with Crippen molar-refractivity contribution in [2.45, 2.75) is 30.2 Å². The summed E-state index contributed by atoms with van der Waals surface area (Å²) in [6.07, 6.45) is -1.50. The Morgan fingerprint density at radius 1 is 1.00 bits per heavy atom. The van der Waals surface area contributed by atoms with Gasteiger partial charge < -0.3 is 9.84 Å². The predicted molar refractivity (Wildman–Crippen MR) is 106 cm³/mol. The minimum atomic E-state index is -3.80. The second-order valence-corrected chi connectivity index (χ2v) is 8.75. The number of sulfone groups is 1. The molecule has 6 nitrogen and oxygen atoms in total. The van der Waals surface area contributed by atoms with Gasteiger partial charge in [-0.05, 0) is 53.9 Å². The molecule has 0 saturated heterocycles. The lowest BCUT2D eigenvalue weighted by Crippen LogP contribution is -2.23. The maximum absolute atomic E-state index is 12.9. The number of rotatable bonds is 7. The number of ether oxygens (including phenoxy) is 1. The molecule has 158 valence electrons. The highest BCUT2D eigenvalue weighted by molar-refractivity contribution is 7.90. The van der Waals surface area contributed by atoms with Crippen LogP contribution in [0.3, 0.4) is 0 Å². The summed E-state index contributed by atoms with van der Waals surface area (Å²) < 4.78 is 56.3. The highest BCUT2D eigenvalue weighted by atomic mass is 32.2. The van der Waals surface area contributed by atoms with Crippen LogP contribution in [0.15, 0.2) is 76.6 Å². The molecule has 0 fully saturated rings. The van der Waals surface area contributed by atoms with Gasteiger partial charge in [-0.1, -0.05) is 24.3 Å². The van der Waals surface area contributed by atoms with Gasteiger partial charge in [0, 0.05) is 13.1 Å². The Morgan fingerprint density at radius 3 is 2.13 bits per heavy atom. The zero-order chi connectivity index (χ0) is 21.9. The molecule has 0 unspecified atom stereocenters. The zero-order valence-electron chi connectivity index (χ0n) is 16.0. The average molecular weight is 435 g/mol. The van der Waals surface area contributed by atoms with E-state index in [1.807, 2.05) is 0 Å². The second-order valence-electron chi connectivity index (χ2n) is 6.79. The molecule has 3 rings (SSSR count). The van der Waals surface area contributed by atoms with Crippen LogP contribution >= 0.6 is 0 Å². The van der Waals surface area contributed by atoms with Crippen LogP contribution in [0.1, 0.15) is 18.1 Å². The zero-order valence-corrected chi connectivity index (χ0v) is 16.8. The molecule has 0 aliphatic heterocycles. The first-order valence-corrected chi connectivity index (χ1v) is 10.5. The molecule has 1 aromatic heterocycles. The molecule has 3 aromatic rings. The Kier molecular flexibility index (Phi) is 5.93. The fraction of sp³-hybridized carbons (Fsp3) is 0.190. The lowest BCUT2D eigenvalue weighted by molar-refractivity contribution is -0.158. The highest BCUT2D eigenvalue weighted by Crippen LogP contribution is 2.22. The van der Waals surface area contributed by atoms with E-state index < -0.39 is 33.1 Å². The molecule has 2 aromatic carbocycles. The summed E-state index contributed by atoms with van der Waals surface area (Å²) in [7, 11) is -3.80. The summed E-state index contributed by atoms with van der Waals surface area (Å²) >= 11 is 0. The number of hydrogen-bond donors (Lipinski definition) is 1. The van der Waals surface area contributed by atoms with Gasteiger partial charge in [0.2, 0.25) is 0 Å². The van der Waals surface area contributed by atoms with Gasteiger partial charge in [0.05, 0.1) is 4.90 Å². The third kappa shape index (κ3) is 5.44. The van der Waals surface area contributed by atoms with Crippen molar-refractivity contribution < 1.29 is 27.0 Å². The number of halogens is 2. The monoisotopic (exact) mass is 435 g/mol. The first-order chi connectivity index (χ1) is 14.0. The maximum atomic E-state index is 12.9. The Hall–Kier alpha value is -3.20. The minimum absolute atomic E-state index is 0.0374. The molecule has 0 amide bonds. The quantitative estimate of drug-likeness (QED) is 0.613. The summed E-state index contributed by atoms with van der Waals surface area (Å²) in [5.74, 6) is -1.07. The number of aromatic hydroxyl groups is 1. The van der Waals surface area contributed by atoms with Crippen LogP contribution < -0.4 is 10.3 Å². The molecule has 0 spiro atoms. The second kappa shape index (κ2) is 8.27. The summed E-state index contributed by atoms with van der Waals surface area (Å²) in [6.45, 7) is 0.660. The number of hydrogen-bond acceptors (Lipinski definition) is 5. The smallest absolute Gasteiger partial charge is 0.394 e. The van der Waals surface area contributed by atoms with Crippen molar-refractivity contribution in [3.63, 3.8) is 0 Å². The SMILES string of the molecule is CC(F)(F)Oc1ccc(Cc2ccc(S(=O)(=O)Cn3cccc(O)c3=O)cc2)cc1. The Bertz CT molecular complexity index is 1180. The first kappa shape index (κ1) is 21.5. The van der Waals surface area contributed by atoms with E-state index in [0.717, 1.165) is 15.7 Å². The van der Waals surface area contributed by atoms with Crippen molar-refractivity contribution in [1.82, 2.24) is 4.57 Å². The van der Waals surface area contributed by atoms with Gasteiger partial charge in [0.1, 0.15) is 11.6 Å². The van der Waals surface area contributed by atoms with Gasteiger partial charge >= 0.3 is 6.11 Å². The largest absolute Gasteiger partial charge is 0.503 e. The van der Waals surface area contributed by atoms with Gasteiger partial charge in [-0.15, -0.1) is 0 Å². The molecule has 0 aliphatic carbocycles. The predicted octanol–water partition coefficient (Wildman–Crippen LogP) is 3.57. The standard InChI is InChI=1S/C21H19F2NO5S/c1-21(22,23)29-17-8-4-15(5-9-17)13-16-6-10-18(11-7-16)30(27,28)14-24-12-2-3-19(25)20(24)26/h2-12,25H,13-14H2,1H3. The molecule has 1 N–H and O–H groups in total. The Balaban J connectivity index is 1.71. The fourth-order valence-corrected chi connectivity index (χ4v) is 4.09. The topological polar surface area (TPSA) is 85.6 Å². The summed E-state index contributed by atoms with van der Waals surface area (Å²) in [5, 5.41) is 9.44. The Labute approximate surface area is 171 Å². The van der Waals surface area contributed by atoms with Crippen molar-refractivity contribution in [3.05, 3.63) is 88.3 Å². The van der Waals surface area contributed by atoms with Crippen LogP contribution in [0.25, 0.3) is 0 Å². The number of aromatic nitrogens is 1. The lowest BCUT2D eigenvalue weighted by Gasteiger charge is -2.13. The van der Waals surface area contributed by atoms with E-state index in [-0.39, 0.29) is 10.6 Å². The lowest BCUT2D eigenvalue weighted by atomic mass is 10.1. The van der Waals surface area contributed by atoms with E-state index in [0.29, 0.717) is 13.3 Å². The van der Waals surface area contributed by atoms with Gasteiger partial charge in [0.25, 0.3) is 5.56 Å². The highest BCUT2D eigenvalue weighted by Gasteiger charge is 2.23. The molecule has 0 atom stereocenters. The van der Waals surface area contributed by atoms with Crippen molar-refractivity contribution in [2.75, 3.05) is 0 Å². The van der Waals surface area contributed by atoms with Crippen molar-refractivity contribution in [1.29, 1.82) is 0 Å². The summed E-state index contributed by atoms with van der Waals surface area (Å²) in [4.78, 5) is 11.9. The van der Waals surface area contributed by atoms with E-state index in [1.54, 1.807) is 24.3 Å². The molecule has 0 bridgehead atoms. The maximum Gasteiger partial charge on any atom is 0.394 e. The van der Waals surface area contributed by atoms with Gasteiger partial charge in [0.15, 0.2) is 15.6 Å². The molecule has 0 radical (unpaired) electrons. The van der Waals surface area contributed by atoms with Crippen LogP contribution in [0, 0.1) is 0 Å². The molecular weight excluding hydrogens is 416 g/mol. The molecule has 0 aliphatic rings.